The van der Waals surface area contributed by atoms with Gasteiger partial charge in [-0.15, -0.1) is 0 Å². The highest BCUT2D eigenvalue weighted by Gasteiger charge is 2.43. The summed E-state index contributed by atoms with van der Waals surface area (Å²) in [7, 11) is 0. The lowest BCUT2D eigenvalue weighted by Gasteiger charge is -2.44. The molecule has 0 bridgehead atoms. The van der Waals surface area contributed by atoms with Crippen LogP contribution in [0.2, 0.25) is 0 Å². The molecule has 1 fully saturated rings. The first-order valence-corrected chi connectivity index (χ1v) is 6.40. The van der Waals surface area contributed by atoms with Crippen LogP contribution in [0.5, 0.6) is 0 Å². The molecule has 1 heterocycles. The Hall–Kier alpha value is -1.06. The van der Waals surface area contributed by atoms with Crippen molar-refractivity contribution in [3.8, 4) is 0 Å². The largest absolute Gasteiger partial charge is 0.342 e. The van der Waals surface area contributed by atoms with E-state index < -0.39 is 0 Å². The SMILES string of the molecule is CC(C)C1NC(=O)C(C(C)C)N(C(C)C)C1=O. The van der Waals surface area contributed by atoms with E-state index in [0.717, 1.165) is 0 Å². The average molecular weight is 240 g/mol. The lowest BCUT2D eigenvalue weighted by molar-refractivity contribution is -0.154. The van der Waals surface area contributed by atoms with Crippen molar-refractivity contribution in [2.75, 3.05) is 0 Å². The van der Waals surface area contributed by atoms with Gasteiger partial charge in [-0.2, -0.15) is 0 Å². The molecule has 2 atom stereocenters. The molecule has 0 spiro atoms. The van der Waals surface area contributed by atoms with Crippen LogP contribution >= 0.6 is 0 Å². The molecule has 2 amide bonds. The van der Waals surface area contributed by atoms with Gasteiger partial charge in [-0.25, -0.2) is 0 Å². The van der Waals surface area contributed by atoms with E-state index in [2.05, 4.69) is 5.32 Å². The van der Waals surface area contributed by atoms with Gasteiger partial charge in [-0.3, -0.25) is 9.59 Å². The van der Waals surface area contributed by atoms with Gasteiger partial charge in [0.15, 0.2) is 0 Å². The monoisotopic (exact) mass is 240 g/mol. The number of nitrogens with zero attached hydrogens (tertiary/aromatic N) is 1. The summed E-state index contributed by atoms with van der Waals surface area (Å²) in [6.07, 6.45) is 0. The molecule has 2 unspecified atom stereocenters. The van der Waals surface area contributed by atoms with Crippen LogP contribution in [0.15, 0.2) is 0 Å². The highest BCUT2D eigenvalue weighted by molar-refractivity contribution is 5.97. The third kappa shape index (κ3) is 2.61. The first-order chi connectivity index (χ1) is 7.77. The summed E-state index contributed by atoms with van der Waals surface area (Å²) in [5.74, 6) is 0.288. The highest BCUT2D eigenvalue weighted by atomic mass is 16.2. The topological polar surface area (TPSA) is 49.4 Å². The van der Waals surface area contributed by atoms with Gasteiger partial charge in [-0.1, -0.05) is 27.7 Å². The highest BCUT2D eigenvalue weighted by Crippen LogP contribution is 2.22. The Morgan fingerprint density at radius 1 is 1.00 bits per heavy atom. The van der Waals surface area contributed by atoms with Gasteiger partial charge in [0, 0.05) is 6.04 Å². The van der Waals surface area contributed by atoms with E-state index >= 15 is 0 Å². The maximum atomic E-state index is 12.4. The number of piperazine rings is 1. The van der Waals surface area contributed by atoms with Crippen molar-refractivity contribution in [1.82, 2.24) is 10.2 Å². The second-order valence-corrected chi connectivity index (χ2v) is 5.76. The molecule has 0 aromatic rings. The molecule has 98 valence electrons. The van der Waals surface area contributed by atoms with Crippen molar-refractivity contribution >= 4 is 11.8 Å². The van der Waals surface area contributed by atoms with Crippen molar-refractivity contribution in [2.45, 2.75) is 59.7 Å². The maximum absolute atomic E-state index is 12.4. The third-order valence-electron chi connectivity index (χ3n) is 3.24. The number of carbonyl (C=O) groups excluding carboxylic acids is 2. The Kier molecular flexibility index (Phi) is 4.17. The lowest BCUT2D eigenvalue weighted by atomic mass is 9.92. The Morgan fingerprint density at radius 2 is 1.53 bits per heavy atom. The van der Waals surface area contributed by atoms with Gasteiger partial charge in [0.05, 0.1) is 0 Å². The molecule has 1 aliphatic rings. The van der Waals surface area contributed by atoms with Crippen molar-refractivity contribution in [3.05, 3.63) is 0 Å². The summed E-state index contributed by atoms with van der Waals surface area (Å²) in [6, 6.07) is -0.653. The molecule has 1 N–H and O–H groups in total. The summed E-state index contributed by atoms with van der Waals surface area (Å²) in [5, 5.41) is 2.85. The van der Waals surface area contributed by atoms with Gasteiger partial charge in [0.2, 0.25) is 11.8 Å². The molecule has 1 aliphatic heterocycles. The first-order valence-electron chi connectivity index (χ1n) is 6.40. The predicted molar refractivity (Wildman–Crippen MR) is 67.4 cm³/mol. The van der Waals surface area contributed by atoms with E-state index in [4.69, 9.17) is 0 Å². The Balaban J connectivity index is 3.06. The number of nitrogens with one attached hydrogen (secondary N) is 1. The molecule has 0 aromatic carbocycles. The molecule has 4 nitrogen and oxygen atoms in total. The summed E-state index contributed by atoms with van der Waals surface area (Å²) >= 11 is 0. The van der Waals surface area contributed by atoms with E-state index in [0.29, 0.717) is 0 Å². The minimum Gasteiger partial charge on any atom is -0.342 e. The van der Waals surface area contributed by atoms with Crippen molar-refractivity contribution in [1.29, 1.82) is 0 Å². The van der Waals surface area contributed by atoms with Gasteiger partial charge >= 0.3 is 0 Å². The summed E-state index contributed by atoms with van der Waals surface area (Å²) < 4.78 is 0. The van der Waals surface area contributed by atoms with Crippen molar-refractivity contribution < 1.29 is 9.59 Å². The van der Waals surface area contributed by atoms with Crippen LogP contribution in [0.25, 0.3) is 0 Å². The standard InChI is InChI=1S/C13H24N2O2/c1-7(2)10-13(17)15(9(5)6)11(8(3)4)12(16)14-10/h7-11H,1-6H3,(H,14,16). The van der Waals surface area contributed by atoms with E-state index in [1.165, 1.54) is 0 Å². The van der Waals surface area contributed by atoms with Crippen LogP contribution in [0.1, 0.15) is 41.5 Å². The van der Waals surface area contributed by atoms with Crippen LogP contribution in [-0.2, 0) is 9.59 Å². The molecule has 1 saturated heterocycles. The zero-order valence-corrected chi connectivity index (χ0v) is 11.7. The fraction of sp³-hybridized carbons (Fsp3) is 0.846. The van der Waals surface area contributed by atoms with Crippen LogP contribution < -0.4 is 5.32 Å². The first kappa shape index (κ1) is 14.0. The van der Waals surface area contributed by atoms with Crippen molar-refractivity contribution in [2.24, 2.45) is 11.8 Å². The van der Waals surface area contributed by atoms with Crippen LogP contribution in [0.4, 0.5) is 0 Å². The molecular formula is C13H24N2O2. The summed E-state index contributed by atoms with van der Waals surface area (Å²) in [5.41, 5.74) is 0. The average Bonchev–Trinajstić information content (AvgIpc) is 2.18. The number of carbonyl (C=O) groups is 2. The molecule has 0 aliphatic carbocycles. The predicted octanol–water partition coefficient (Wildman–Crippen LogP) is 1.40. The molecule has 17 heavy (non-hydrogen) atoms. The van der Waals surface area contributed by atoms with Crippen molar-refractivity contribution in [3.63, 3.8) is 0 Å². The molecular weight excluding hydrogens is 216 g/mol. The fourth-order valence-corrected chi connectivity index (χ4v) is 2.38. The molecule has 0 aromatic heterocycles. The fourth-order valence-electron chi connectivity index (χ4n) is 2.38. The third-order valence-corrected chi connectivity index (χ3v) is 3.24. The quantitative estimate of drug-likeness (QED) is 0.810. The minimum atomic E-state index is -0.375. The zero-order valence-electron chi connectivity index (χ0n) is 11.7. The molecule has 0 radical (unpaired) electrons. The van der Waals surface area contributed by atoms with E-state index in [9.17, 15) is 9.59 Å². The smallest absolute Gasteiger partial charge is 0.246 e. The lowest BCUT2D eigenvalue weighted by Crippen LogP contribution is -2.67. The Bertz CT molecular complexity index is 311. The van der Waals surface area contributed by atoms with E-state index in [-0.39, 0.29) is 41.8 Å². The van der Waals surface area contributed by atoms with Crippen LogP contribution in [-0.4, -0.2) is 34.8 Å². The van der Waals surface area contributed by atoms with Gasteiger partial charge in [0.25, 0.3) is 0 Å². The van der Waals surface area contributed by atoms with Crippen LogP contribution in [0, 0.1) is 11.8 Å². The Labute approximate surface area is 104 Å². The number of amides is 2. The summed E-state index contributed by atoms with van der Waals surface area (Å²) in [6.45, 7) is 11.8. The van der Waals surface area contributed by atoms with Crippen LogP contribution in [0.3, 0.4) is 0 Å². The van der Waals surface area contributed by atoms with Gasteiger partial charge < -0.3 is 10.2 Å². The molecule has 4 heteroatoms. The molecule has 0 saturated carbocycles. The normalized spacial score (nSPS) is 26.1. The molecule has 1 rings (SSSR count). The number of rotatable bonds is 3. The summed E-state index contributed by atoms with van der Waals surface area (Å²) in [4.78, 5) is 26.2. The number of hydrogen-bond donors (Lipinski definition) is 1. The van der Waals surface area contributed by atoms with Gasteiger partial charge in [-0.05, 0) is 25.7 Å². The maximum Gasteiger partial charge on any atom is 0.246 e. The van der Waals surface area contributed by atoms with E-state index in [1.54, 1.807) is 4.90 Å². The second kappa shape index (κ2) is 5.07. The zero-order chi connectivity index (χ0) is 13.3. The van der Waals surface area contributed by atoms with E-state index in [1.807, 2.05) is 41.5 Å². The number of hydrogen-bond acceptors (Lipinski definition) is 2. The Morgan fingerprint density at radius 3 is 1.88 bits per heavy atom. The van der Waals surface area contributed by atoms with Gasteiger partial charge in [0.1, 0.15) is 12.1 Å². The minimum absolute atomic E-state index is 0.0213. The second-order valence-electron chi connectivity index (χ2n) is 5.76.